The molecular weight excluding hydrogens is 779 g/mol. The Morgan fingerprint density at radius 2 is 1.77 bits per heavy atom. The molecule has 3 amide bonds. The monoisotopic (exact) mass is 828 g/mol. The van der Waals surface area contributed by atoms with Crippen molar-refractivity contribution >= 4 is 51.6 Å². The smallest absolute Gasteiger partial charge is 0.329 e. The molecular formula is C41H50F2N12O5. The number of anilines is 3. The van der Waals surface area contributed by atoms with Gasteiger partial charge in [0.15, 0.2) is 11.3 Å². The van der Waals surface area contributed by atoms with Crippen molar-refractivity contribution in [3.8, 4) is 0 Å². The van der Waals surface area contributed by atoms with E-state index in [4.69, 9.17) is 4.74 Å². The summed E-state index contributed by atoms with van der Waals surface area (Å²) >= 11 is 0. The SMILES string of the molecule is CN(C[C@H]1CC[C@H](n2cc(NC(=O)c3cnn4ccc(N5CCOCC5)nc34)c(C(F)F)n2)CC1)C1CCN(c2cccc3c2n(C)c(=O)n3C2CCC(=O)NC2=O)CC1. The number of para-hydroxylation sites is 1. The van der Waals surface area contributed by atoms with Crippen molar-refractivity contribution in [1.82, 2.24) is 43.7 Å². The lowest BCUT2D eigenvalue weighted by Gasteiger charge is -2.40. The van der Waals surface area contributed by atoms with Crippen LogP contribution in [0, 0.1) is 5.92 Å². The van der Waals surface area contributed by atoms with Gasteiger partial charge < -0.3 is 24.8 Å². The maximum Gasteiger partial charge on any atom is 0.329 e. The topological polar surface area (TPSA) is 169 Å². The van der Waals surface area contributed by atoms with Gasteiger partial charge in [0.2, 0.25) is 11.8 Å². The third-order valence-corrected chi connectivity index (χ3v) is 12.9. The molecule has 3 saturated heterocycles. The molecule has 1 aliphatic carbocycles. The van der Waals surface area contributed by atoms with E-state index in [9.17, 15) is 28.0 Å². The fourth-order valence-corrected chi connectivity index (χ4v) is 9.63. The highest BCUT2D eigenvalue weighted by Gasteiger charge is 2.34. The Balaban J connectivity index is 0.801. The molecule has 1 atom stereocenters. The second-order valence-corrected chi connectivity index (χ2v) is 16.5. The number of fused-ring (bicyclic) bond motifs is 2. The number of aryl methyl sites for hydroxylation is 1. The fourth-order valence-electron chi connectivity index (χ4n) is 9.63. The van der Waals surface area contributed by atoms with Crippen LogP contribution >= 0.6 is 0 Å². The third-order valence-electron chi connectivity index (χ3n) is 12.9. The summed E-state index contributed by atoms with van der Waals surface area (Å²) < 4.78 is 40.3. The summed E-state index contributed by atoms with van der Waals surface area (Å²) in [4.78, 5) is 63.0. The first-order valence-corrected chi connectivity index (χ1v) is 20.9. The predicted octanol–water partition coefficient (Wildman–Crippen LogP) is 3.92. The molecule has 318 valence electrons. The molecule has 2 N–H and O–H groups in total. The molecule has 17 nitrogen and oxygen atoms in total. The van der Waals surface area contributed by atoms with Gasteiger partial charge in [-0.05, 0) is 76.1 Å². The minimum Gasteiger partial charge on any atom is -0.378 e. The van der Waals surface area contributed by atoms with E-state index in [1.54, 1.807) is 22.5 Å². The van der Waals surface area contributed by atoms with Crippen LogP contribution in [0.15, 0.2) is 47.7 Å². The van der Waals surface area contributed by atoms with Crippen molar-refractivity contribution in [2.75, 3.05) is 68.1 Å². The molecule has 0 bridgehead atoms. The highest BCUT2D eigenvalue weighted by molar-refractivity contribution is 6.08. The highest BCUT2D eigenvalue weighted by atomic mass is 19.3. The number of imide groups is 1. The number of hydrogen-bond donors (Lipinski definition) is 2. The Hall–Kier alpha value is -5.69. The molecule has 0 spiro atoms. The largest absolute Gasteiger partial charge is 0.378 e. The molecule has 7 heterocycles. The summed E-state index contributed by atoms with van der Waals surface area (Å²) in [6.07, 6.45) is 7.60. The van der Waals surface area contributed by atoms with Gasteiger partial charge in [0.1, 0.15) is 17.4 Å². The number of ether oxygens (including phenoxy) is 1. The Morgan fingerprint density at radius 3 is 2.50 bits per heavy atom. The minimum atomic E-state index is -2.87. The second-order valence-electron chi connectivity index (χ2n) is 16.5. The van der Waals surface area contributed by atoms with Gasteiger partial charge in [-0.1, -0.05) is 6.07 Å². The number of hydrogen-bond acceptors (Lipinski definition) is 11. The van der Waals surface area contributed by atoms with Crippen molar-refractivity contribution < 1.29 is 27.9 Å². The van der Waals surface area contributed by atoms with Crippen molar-refractivity contribution in [3.05, 3.63) is 64.6 Å². The van der Waals surface area contributed by atoms with Crippen LogP contribution in [0.5, 0.6) is 0 Å². The number of imidazole rings is 1. The standard InChI is InChI=1S/C41H50F2N12O5/c1-49(26-12-15-51(16-13-26)30-4-3-5-31-36(30)50(2)41(59)55(31)32-10-11-34(56)47-40(32)58)23-25-6-8-27(9-7-25)54-24-29(35(48-54)37(42)43)45-39(57)28-22-44-53-17-14-33(46-38(28)53)52-18-20-60-21-19-52/h3-5,14,17,22,24-27,32,37H,6-13,15-16,18-21,23H2,1-2H3,(H,45,57)(H,47,56,58)/t25-,27-,32?. The number of alkyl halides is 2. The zero-order valence-electron chi connectivity index (χ0n) is 33.8. The van der Waals surface area contributed by atoms with Gasteiger partial charge >= 0.3 is 5.69 Å². The molecule has 0 radical (unpaired) electrons. The van der Waals surface area contributed by atoms with Crippen molar-refractivity contribution in [2.24, 2.45) is 13.0 Å². The predicted molar refractivity (Wildman–Crippen MR) is 219 cm³/mol. The number of amides is 3. The van der Waals surface area contributed by atoms with E-state index in [0.29, 0.717) is 55.2 Å². The fraction of sp³-hybridized carbons (Fsp3) is 0.537. The van der Waals surface area contributed by atoms with E-state index in [-0.39, 0.29) is 41.7 Å². The van der Waals surface area contributed by atoms with E-state index in [1.165, 1.54) is 21.5 Å². The number of rotatable bonds is 10. The van der Waals surface area contributed by atoms with Crippen molar-refractivity contribution in [3.63, 3.8) is 0 Å². The number of benzene rings is 1. The zero-order chi connectivity index (χ0) is 41.7. The lowest BCUT2D eigenvalue weighted by molar-refractivity contribution is -0.135. The molecule has 1 unspecified atom stereocenters. The molecule has 4 aromatic heterocycles. The molecule has 1 aromatic carbocycles. The lowest BCUT2D eigenvalue weighted by Crippen LogP contribution is -2.45. The van der Waals surface area contributed by atoms with Gasteiger partial charge in [0, 0.05) is 64.6 Å². The number of piperidine rings is 2. The van der Waals surface area contributed by atoms with Crippen LogP contribution in [0.4, 0.5) is 26.0 Å². The van der Waals surface area contributed by atoms with Crippen molar-refractivity contribution in [2.45, 2.75) is 75.9 Å². The maximum absolute atomic E-state index is 14.3. The van der Waals surface area contributed by atoms with Crippen LogP contribution in [0.1, 0.15) is 85.9 Å². The van der Waals surface area contributed by atoms with E-state index in [2.05, 4.69) is 47.6 Å². The zero-order valence-corrected chi connectivity index (χ0v) is 33.8. The van der Waals surface area contributed by atoms with E-state index in [0.717, 1.165) is 69.4 Å². The van der Waals surface area contributed by atoms with E-state index < -0.39 is 30.0 Å². The Bertz CT molecular complexity index is 2470. The number of aromatic nitrogens is 7. The number of carbonyl (C=O) groups excluding carboxylic acids is 3. The quantitative estimate of drug-likeness (QED) is 0.196. The number of nitrogens with zero attached hydrogens (tertiary/aromatic N) is 10. The first-order valence-electron chi connectivity index (χ1n) is 20.9. The van der Waals surface area contributed by atoms with Gasteiger partial charge in [-0.3, -0.25) is 33.5 Å². The van der Waals surface area contributed by atoms with Gasteiger partial charge in [0.25, 0.3) is 12.3 Å². The molecule has 3 aliphatic heterocycles. The van der Waals surface area contributed by atoms with Crippen molar-refractivity contribution in [1.29, 1.82) is 0 Å². The molecule has 4 fully saturated rings. The van der Waals surface area contributed by atoms with Gasteiger partial charge in [-0.15, -0.1) is 0 Å². The van der Waals surface area contributed by atoms with Crippen LogP contribution in [0.2, 0.25) is 0 Å². The molecule has 1 saturated carbocycles. The molecule has 4 aliphatic rings. The average molecular weight is 829 g/mol. The van der Waals surface area contributed by atoms with E-state index >= 15 is 0 Å². The Morgan fingerprint density at radius 1 is 1.00 bits per heavy atom. The number of halogens is 2. The third kappa shape index (κ3) is 7.52. The molecule has 9 rings (SSSR count). The summed E-state index contributed by atoms with van der Waals surface area (Å²) in [5, 5.41) is 13.6. The highest BCUT2D eigenvalue weighted by Crippen LogP contribution is 2.37. The summed E-state index contributed by atoms with van der Waals surface area (Å²) in [6.45, 7) is 5.07. The normalized spacial score (nSPS) is 22.1. The lowest BCUT2D eigenvalue weighted by atomic mass is 9.85. The van der Waals surface area contributed by atoms with E-state index in [1.807, 2.05) is 24.3 Å². The first kappa shape index (κ1) is 39.8. The Labute approximate surface area is 344 Å². The maximum atomic E-state index is 14.3. The van der Waals surface area contributed by atoms with Crippen LogP contribution in [0.3, 0.4) is 0 Å². The molecule has 5 aromatic rings. The van der Waals surface area contributed by atoms with Crippen LogP contribution in [-0.4, -0.2) is 115 Å². The second kappa shape index (κ2) is 16.4. The number of carbonyl (C=O) groups is 3. The molecule has 19 heteroatoms. The average Bonchev–Trinajstić information content (AvgIpc) is 3.95. The Kier molecular flexibility index (Phi) is 10.9. The minimum absolute atomic E-state index is 0.0165. The van der Waals surface area contributed by atoms with Crippen LogP contribution < -0.4 is 26.1 Å². The molecule has 60 heavy (non-hydrogen) atoms. The van der Waals surface area contributed by atoms with Crippen LogP contribution in [0.25, 0.3) is 16.7 Å². The number of morpholine rings is 1. The summed E-state index contributed by atoms with van der Waals surface area (Å²) in [7, 11) is 3.91. The van der Waals surface area contributed by atoms with Crippen LogP contribution in [-0.2, 0) is 21.4 Å². The summed E-state index contributed by atoms with van der Waals surface area (Å²) in [5.74, 6) is -0.202. The summed E-state index contributed by atoms with van der Waals surface area (Å²) in [5.41, 5.74) is 2.19. The summed E-state index contributed by atoms with van der Waals surface area (Å²) in [6, 6.07) is 7.24. The number of nitrogens with one attached hydrogen (secondary N) is 2. The van der Waals surface area contributed by atoms with Gasteiger partial charge in [0.05, 0.1) is 47.9 Å². The first-order chi connectivity index (χ1) is 29.0. The van der Waals surface area contributed by atoms with Gasteiger partial charge in [-0.2, -0.15) is 10.2 Å². The van der Waals surface area contributed by atoms with Gasteiger partial charge in [-0.25, -0.2) is 23.1 Å².